The predicted octanol–water partition coefficient (Wildman–Crippen LogP) is 6.54. The number of carbonyl (C=O) groups excluding carboxylic acids is 1. The van der Waals surface area contributed by atoms with Gasteiger partial charge in [-0.05, 0) is 41.0 Å². The third-order valence-corrected chi connectivity index (χ3v) is 6.50. The molecule has 0 unspecified atom stereocenters. The molecule has 0 fully saturated rings. The van der Waals surface area contributed by atoms with Crippen molar-refractivity contribution in [1.82, 2.24) is 14.8 Å². The first-order valence-corrected chi connectivity index (χ1v) is 11.8. The maximum Gasteiger partial charge on any atom is 0.341 e. The fraction of sp³-hybridized carbons (Fsp3) is 0.0645. The van der Waals surface area contributed by atoms with E-state index in [9.17, 15) is 4.79 Å². The van der Waals surface area contributed by atoms with Gasteiger partial charge in [-0.3, -0.25) is 0 Å². The summed E-state index contributed by atoms with van der Waals surface area (Å²) in [5, 5.41) is 6.63. The average molecular weight is 470 g/mol. The summed E-state index contributed by atoms with van der Waals surface area (Å²) in [5.41, 5.74) is 6.51. The predicted molar refractivity (Wildman–Crippen MR) is 142 cm³/mol. The van der Waals surface area contributed by atoms with Crippen LogP contribution in [0.3, 0.4) is 0 Å². The number of nitrogens with zero attached hydrogens (tertiary/aromatic N) is 3. The van der Waals surface area contributed by atoms with Crippen molar-refractivity contribution < 1.29 is 9.53 Å². The summed E-state index contributed by atoms with van der Waals surface area (Å²) < 4.78 is 6.58. The molecular weight excluding hydrogens is 446 g/mol. The summed E-state index contributed by atoms with van der Waals surface area (Å²) in [7, 11) is 1.37. The van der Waals surface area contributed by atoms with Crippen LogP contribution in [-0.4, -0.2) is 27.8 Å². The lowest BCUT2D eigenvalue weighted by molar-refractivity contribution is 0.0600. The fourth-order valence-corrected chi connectivity index (χ4v) is 4.79. The molecule has 6 rings (SSSR count). The van der Waals surface area contributed by atoms with Crippen LogP contribution in [-0.2, 0) is 4.74 Å². The van der Waals surface area contributed by atoms with Crippen molar-refractivity contribution in [2.24, 2.45) is 0 Å². The topological polar surface area (TPSA) is 57.0 Å². The second-order valence-corrected chi connectivity index (χ2v) is 8.70. The molecule has 6 aromatic rings. The number of aromatic nitrogens is 3. The quantitative estimate of drug-likeness (QED) is 0.163. The third-order valence-electron chi connectivity index (χ3n) is 6.50. The first-order valence-electron chi connectivity index (χ1n) is 11.8. The van der Waals surface area contributed by atoms with Gasteiger partial charge in [0.05, 0.1) is 35.6 Å². The van der Waals surface area contributed by atoms with Crippen LogP contribution in [0.4, 0.5) is 0 Å². The maximum absolute atomic E-state index is 12.1. The number of methoxy groups -OCH3 is 1. The Kier molecular flexibility index (Phi) is 5.51. The number of carbonyl (C=O) groups is 1. The van der Waals surface area contributed by atoms with E-state index in [4.69, 9.17) is 9.72 Å². The zero-order valence-electron chi connectivity index (χ0n) is 19.7. The molecule has 0 N–H and O–H groups in total. The average Bonchev–Trinajstić information content (AvgIpc) is 3.43. The molecule has 0 bridgehead atoms. The highest BCUT2D eigenvalue weighted by atomic mass is 16.5. The number of esters is 1. The summed E-state index contributed by atoms with van der Waals surface area (Å²) in [5.74, 6) is -0.439. The van der Waals surface area contributed by atoms with E-state index in [2.05, 4.69) is 71.8 Å². The minimum atomic E-state index is -0.419. The van der Waals surface area contributed by atoms with Gasteiger partial charge in [-0.1, -0.05) is 78.9 Å². The van der Waals surface area contributed by atoms with Crippen LogP contribution in [0.25, 0.3) is 27.5 Å². The first-order chi connectivity index (χ1) is 17.7. The highest BCUT2D eigenvalue weighted by Crippen LogP contribution is 2.38. The summed E-state index contributed by atoms with van der Waals surface area (Å²) in [6, 6.07) is 35.5. The van der Waals surface area contributed by atoms with Crippen LogP contribution in [0.15, 0.2) is 116 Å². The van der Waals surface area contributed by atoms with Gasteiger partial charge in [0.2, 0.25) is 0 Å². The SMILES string of the molecule is COC(=O)c1cnn(-c2cc(C(c3ccccc3)c3ccccc3)c3cc4ccccc4nc3c2)c1. The number of ether oxygens (including phenoxy) is 1. The number of fused-ring (bicyclic) bond motifs is 2. The van der Waals surface area contributed by atoms with Crippen LogP contribution in [0.2, 0.25) is 0 Å². The molecule has 0 saturated carbocycles. The molecule has 0 aliphatic heterocycles. The standard InChI is InChI=1S/C31H23N3O2/c1-36-31(35)24-19-32-34(20-24)25-17-27(26-16-23-14-8-9-15-28(23)33-29(26)18-25)30(21-10-4-2-5-11-21)22-12-6-3-7-13-22/h2-20,30H,1H3. The van der Waals surface area contributed by atoms with Crippen molar-refractivity contribution in [2.45, 2.75) is 5.92 Å². The molecule has 2 heterocycles. The van der Waals surface area contributed by atoms with Gasteiger partial charge in [0.15, 0.2) is 0 Å². The van der Waals surface area contributed by atoms with E-state index in [0.29, 0.717) is 5.56 Å². The summed E-state index contributed by atoms with van der Waals surface area (Å²) in [6.07, 6.45) is 3.22. The number of benzene rings is 4. The van der Waals surface area contributed by atoms with Gasteiger partial charge in [-0.15, -0.1) is 0 Å². The molecular formula is C31H23N3O2. The normalized spacial score (nSPS) is 11.3. The Labute approximate surface area is 208 Å². The molecule has 36 heavy (non-hydrogen) atoms. The summed E-state index contributed by atoms with van der Waals surface area (Å²) in [6.45, 7) is 0. The molecule has 0 saturated heterocycles. The van der Waals surface area contributed by atoms with E-state index in [1.165, 1.54) is 24.4 Å². The highest BCUT2D eigenvalue weighted by Gasteiger charge is 2.21. The van der Waals surface area contributed by atoms with Crippen molar-refractivity contribution in [2.75, 3.05) is 7.11 Å². The summed E-state index contributed by atoms with van der Waals surface area (Å²) >= 11 is 0. The van der Waals surface area contributed by atoms with Crippen molar-refractivity contribution in [3.05, 3.63) is 138 Å². The van der Waals surface area contributed by atoms with E-state index in [1.54, 1.807) is 10.9 Å². The van der Waals surface area contributed by atoms with Gasteiger partial charge >= 0.3 is 5.97 Å². The molecule has 0 atom stereocenters. The minimum absolute atomic E-state index is 0.0200. The maximum atomic E-state index is 12.1. The second-order valence-electron chi connectivity index (χ2n) is 8.70. The number of rotatable bonds is 5. The lowest BCUT2D eigenvalue weighted by Gasteiger charge is -2.22. The van der Waals surface area contributed by atoms with Crippen molar-refractivity contribution in [3.63, 3.8) is 0 Å². The monoisotopic (exact) mass is 469 g/mol. The van der Waals surface area contributed by atoms with E-state index in [0.717, 1.165) is 33.1 Å². The molecule has 0 spiro atoms. The van der Waals surface area contributed by atoms with E-state index >= 15 is 0 Å². The summed E-state index contributed by atoms with van der Waals surface area (Å²) in [4.78, 5) is 17.1. The minimum Gasteiger partial charge on any atom is -0.465 e. The van der Waals surface area contributed by atoms with Crippen LogP contribution in [0.1, 0.15) is 33.0 Å². The Bertz CT molecular complexity index is 1650. The van der Waals surface area contributed by atoms with E-state index in [-0.39, 0.29) is 5.92 Å². The van der Waals surface area contributed by atoms with Gasteiger partial charge < -0.3 is 4.74 Å². The largest absolute Gasteiger partial charge is 0.465 e. The molecule has 2 aromatic heterocycles. The van der Waals surface area contributed by atoms with Crippen molar-refractivity contribution in [1.29, 1.82) is 0 Å². The lowest BCUT2D eigenvalue weighted by atomic mass is 9.83. The number of hydrogen-bond donors (Lipinski definition) is 0. The Hall–Kier alpha value is -4.77. The zero-order chi connectivity index (χ0) is 24.5. The zero-order valence-corrected chi connectivity index (χ0v) is 19.7. The molecule has 4 aromatic carbocycles. The fourth-order valence-electron chi connectivity index (χ4n) is 4.79. The van der Waals surface area contributed by atoms with Gasteiger partial charge in [0, 0.05) is 22.9 Å². The van der Waals surface area contributed by atoms with Crippen LogP contribution in [0.5, 0.6) is 0 Å². The smallest absolute Gasteiger partial charge is 0.341 e. The number of hydrogen-bond acceptors (Lipinski definition) is 4. The molecule has 0 amide bonds. The van der Waals surface area contributed by atoms with Crippen LogP contribution < -0.4 is 0 Å². The molecule has 174 valence electrons. The molecule has 5 nitrogen and oxygen atoms in total. The second kappa shape index (κ2) is 9.12. The Balaban J connectivity index is 1.66. The molecule has 5 heteroatoms. The molecule has 0 aliphatic carbocycles. The first kappa shape index (κ1) is 21.7. The van der Waals surface area contributed by atoms with E-state index < -0.39 is 5.97 Å². The van der Waals surface area contributed by atoms with Crippen LogP contribution >= 0.6 is 0 Å². The third kappa shape index (κ3) is 3.91. The van der Waals surface area contributed by atoms with Gasteiger partial charge in [-0.25, -0.2) is 14.5 Å². The Morgan fingerprint density at radius 3 is 2.17 bits per heavy atom. The Morgan fingerprint density at radius 1 is 0.806 bits per heavy atom. The van der Waals surface area contributed by atoms with Gasteiger partial charge in [0.1, 0.15) is 0 Å². The number of para-hydroxylation sites is 1. The van der Waals surface area contributed by atoms with Gasteiger partial charge in [-0.2, -0.15) is 5.10 Å². The molecule has 0 radical (unpaired) electrons. The van der Waals surface area contributed by atoms with Crippen molar-refractivity contribution in [3.8, 4) is 5.69 Å². The molecule has 0 aliphatic rings. The van der Waals surface area contributed by atoms with Gasteiger partial charge in [0.25, 0.3) is 0 Å². The lowest BCUT2D eigenvalue weighted by Crippen LogP contribution is -2.07. The number of pyridine rings is 1. The van der Waals surface area contributed by atoms with E-state index in [1.807, 2.05) is 36.4 Å². The van der Waals surface area contributed by atoms with Crippen molar-refractivity contribution >= 4 is 27.8 Å². The highest BCUT2D eigenvalue weighted by molar-refractivity contribution is 5.96. The van der Waals surface area contributed by atoms with Crippen LogP contribution in [0, 0.1) is 0 Å². The Morgan fingerprint density at radius 2 is 1.47 bits per heavy atom.